The number of nitriles is 1. The molecule has 4 rings (SSSR count). The summed E-state index contributed by atoms with van der Waals surface area (Å²) in [5.41, 5.74) is 0.908. The zero-order valence-corrected chi connectivity index (χ0v) is 13.3. The number of alkyl halides is 2. The number of benzene rings is 1. The number of fused-ring (bicyclic) bond motifs is 1. The second-order valence-electron chi connectivity index (χ2n) is 6.80. The van der Waals surface area contributed by atoms with Crippen LogP contribution in [0.3, 0.4) is 0 Å². The highest BCUT2D eigenvalue weighted by molar-refractivity contribution is 5.77. The lowest BCUT2D eigenvalue weighted by Crippen LogP contribution is -2.48. The average Bonchev–Trinajstić information content (AvgIpc) is 3.15. The van der Waals surface area contributed by atoms with E-state index in [9.17, 15) is 13.6 Å². The van der Waals surface area contributed by atoms with Crippen molar-refractivity contribution in [1.82, 2.24) is 14.9 Å². The van der Waals surface area contributed by atoms with Gasteiger partial charge in [0.05, 0.1) is 35.5 Å². The minimum absolute atomic E-state index is 0.0533. The van der Waals surface area contributed by atoms with Crippen LogP contribution in [0.15, 0.2) is 24.5 Å². The Kier molecular flexibility index (Phi) is 3.42. The number of carbonyl (C=O) groups excluding carboxylic acids is 1. The number of alkyl carbamates (subject to hydrolysis) is 1. The van der Waals surface area contributed by atoms with Crippen LogP contribution in [0, 0.1) is 17.2 Å². The van der Waals surface area contributed by atoms with Crippen molar-refractivity contribution in [1.29, 1.82) is 5.26 Å². The van der Waals surface area contributed by atoms with E-state index >= 15 is 0 Å². The summed E-state index contributed by atoms with van der Waals surface area (Å²) < 4.78 is 35.9. The summed E-state index contributed by atoms with van der Waals surface area (Å²) in [6, 6.07) is 7.04. The molecule has 1 spiro atoms. The summed E-state index contributed by atoms with van der Waals surface area (Å²) >= 11 is 0. The highest BCUT2D eigenvalue weighted by Crippen LogP contribution is 2.46. The maximum Gasteiger partial charge on any atom is 0.407 e. The third kappa shape index (κ3) is 2.69. The van der Waals surface area contributed by atoms with Crippen LogP contribution >= 0.6 is 0 Å². The summed E-state index contributed by atoms with van der Waals surface area (Å²) in [6.07, 6.45) is 0.898. The number of rotatable bonds is 2. The third-order valence-electron chi connectivity index (χ3n) is 5.16. The molecule has 0 radical (unpaired) electrons. The molecule has 1 aromatic carbocycles. The molecular formula is C17H16F2N4O2. The first-order valence-corrected chi connectivity index (χ1v) is 8.10. The topological polar surface area (TPSA) is 79.9 Å². The van der Waals surface area contributed by atoms with Crippen LogP contribution in [0.2, 0.25) is 0 Å². The highest BCUT2D eigenvalue weighted by atomic mass is 19.3. The van der Waals surface area contributed by atoms with Crippen molar-refractivity contribution in [2.45, 2.75) is 37.3 Å². The van der Waals surface area contributed by atoms with Crippen LogP contribution in [0.25, 0.3) is 11.0 Å². The Morgan fingerprint density at radius 1 is 1.44 bits per heavy atom. The molecule has 25 heavy (non-hydrogen) atoms. The molecule has 2 aliphatic rings. The van der Waals surface area contributed by atoms with Crippen LogP contribution in [-0.4, -0.2) is 33.7 Å². The number of hydrogen-bond donors (Lipinski definition) is 1. The van der Waals surface area contributed by atoms with Gasteiger partial charge in [0.15, 0.2) is 0 Å². The normalized spacial score (nSPS) is 27.9. The van der Waals surface area contributed by atoms with Crippen LogP contribution < -0.4 is 5.32 Å². The number of carbonyl (C=O) groups is 1. The van der Waals surface area contributed by atoms with E-state index < -0.39 is 23.5 Å². The maximum atomic E-state index is 14.5. The first-order valence-electron chi connectivity index (χ1n) is 8.10. The second-order valence-corrected chi connectivity index (χ2v) is 6.80. The second kappa shape index (κ2) is 5.41. The fourth-order valence-electron chi connectivity index (χ4n) is 3.76. The lowest BCUT2D eigenvalue weighted by Gasteiger charge is -2.40. The first kappa shape index (κ1) is 15.8. The van der Waals surface area contributed by atoms with Gasteiger partial charge in [-0.1, -0.05) is 0 Å². The van der Waals surface area contributed by atoms with Gasteiger partial charge in [-0.25, -0.2) is 18.6 Å². The van der Waals surface area contributed by atoms with Crippen molar-refractivity contribution in [3.05, 3.63) is 30.1 Å². The van der Waals surface area contributed by atoms with Crippen LogP contribution in [0.1, 0.15) is 24.8 Å². The van der Waals surface area contributed by atoms with Gasteiger partial charge in [0.2, 0.25) is 0 Å². The molecule has 2 unspecified atom stereocenters. The van der Waals surface area contributed by atoms with Gasteiger partial charge in [0.25, 0.3) is 5.92 Å². The molecule has 1 aromatic heterocycles. The van der Waals surface area contributed by atoms with E-state index in [1.54, 1.807) is 22.8 Å². The Bertz CT molecular complexity index is 888. The van der Waals surface area contributed by atoms with Crippen molar-refractivity contribution >= 4 is 17.1 Å². The van der Waals surface area contributed by atoms with E-state index in [-0.39, 0.29) is 32.4 Å². The quantitative estimate of drug-likeness (QED) is 0.907. The Labute approximate surface area is 142 Å². The zero-order chi connectivity index (χ0) is 17.7. The molecule has 1 amide bonds. The van der Waals surface area contributed by atoms with Crippen molar-refractivity contribution < 1.29 is 18.3 Å². The minimum Gasteiger partial charge on any atom is -0.441 e. The van der Waals surface area contributed by atoms with Gasteiger partial charge < -0.3 is 14.6 Å². The van der Waals surface area contributed by atoms with Gasteiger partial charge in [-0.05, 0) is 31.0 Å². The summed E-state index contributed by atoms with van der Waals surface area (Å²) in [6.45, 7) is 0.319. The van der Waals surface area contributed by atoms with Crippen LogP contribution in [-0.2, 0) is 11.3 Å². The van der Waals surface area contributed by atoms with Gasteiger partial charge in [-0.2, -0.15) is 5.26 Å². The number of amides is 1. The number of imidazole rings is 1. The van der Waals surface area contributed by atoms with E-state index in [4.69, 9.17) is 10.00 Å². The lowest BCUT2D eigenvalue weighted by atomic mass is 9.75. The van der Waals surface area contributed by atoms with E-state index in [0.29, 0.717) is 16.6 Å². The molecule has 1 aliphatic heterocycles. The Morgan fingerprint density at radius 2 is 2.28 bits per heavy atom. The molecule has 0 bridgehead atoms. The van der Waals surface area contributed by atoms with Crippen molar-refractivity contribution in [3.63, 3.8) is 0 Å². The fraction of sp³-hybridized carbons (Fsp3) is 0.471. The highest BCUT2D eigenvalue weighted by Gasteiger charge is 2.54. The van der Waals surface area contributed by atoms with Gasteiger partial charge in [0, 0.05) is 18.9 Å². The molecule has 1 saturated heterocycles. The van der Waals surface area contributed by atoms with Gasteiger partial charge in [0.1, 0.15) is 5.60 Å². The van der Waals surface area contributed by atoms with Crippen LogP contribution in [0.4, 0.5) is 13.6 Å². The number of nitrogens with zero attached hydrogens (tertiary/aromatic N) is 3. The molecule has 130 valence electrons. The average molecular weight is 346 g/mol. The number of ether oxygens (including phenoxy) is 1. The van der Waals surface area contributed by atoms with Gasteiger partial charge >= 0.3 is 6.09 Å². The summed E-state index contributed by atoms with van der Waals surface area (Å²) in [5, 5.41) is 11.6. The van der Waals surface area contributed by atoms with Gasteiger partial charge in [-0.3, -0.25) is 0 Å². The molecule has 2 aromatic rings. The Morgan fingerprint density at radius 3 is 3.00 bits per heavy atom. The molecular weight excluding hydrogens is 330 g/mol. The molecule has 2 heterocycles. The molecule has 8 heteroatoms. The number of nitrogens with one attached hydrogen (secondary N) is 1. The third-order valence-corrected chi connectivity index (χ3v) is 5.16. The fourth-order valence-corrected chi connectivity index (χ4v) is 3.76. The summed E-state index contributed by atoms with van der Waals surface area (Å²) in [4.78, 5) is 15.6. The summed E-state index contributed by atoms with van der Waals surface area (Å²) in [7, 11) is 0. The molecule has 6 nitrogen and oxygen atoms in total. The van der Waals surface area contributed by atoms with Crippen molar-refractivity contribution in [2.75, 3.05) is 6.54 Å². The SMILES string of the molecule is N#Cc1ccc2ncn(CC3CC4(CCC3(F)F)CNC(=O)O4)c2c1. The van der Waals surface area contributed by atoms with E-state index in [1.165, 1.54) is 6.33 Å². The Hall–Kier alpha value is -2.69. The monoisotopic (exact) mass is 346 g/mol. The zero-order valence-electron chi connectivity index (χ0n) is 13.3. The van der Waals surface area contributed by atoms with Crippen molar-refractivity contribution in [3.8, 4) is 6.07 Å². The minimum atomic E-state index is -2.84. The maximum absolute atomic E-state index is 14.5. The van der Waals surface area contributed by atoms with E-state index in [0.717, 1.165) is 0 Å². The predicted octanol–water partition coefficient (Wildman–Crippen LogP) is 2.82. The molecule has 1 aliphatic carbocycles. The molecule has 2 atom stereocenters. The number of aromatic nitrogens is 2. The number of hydrogen-bond acceptors (Lipinski definition) is 4. The predicted molar refractivity (Wildman–Crippen MR) is 84.0 cm³/mol. The van der Waals surface area contributed by atoms with E-state index in [2.05, 4.69) is 10.3 Å². The standard InChI is InChI=1S/C17H16F2N4O2/c18-17(19)4-3-16(9-21-15(24)25-16)6-12(17)8-23-10-22-13-2-1-11(7-20)5-14(13)23/h1-2,5,10,12H,3-4,6,8-9H2,(H,21,24). The van der Waals surface area contributed by atoms with E-state index in [1.807, 2.05) is 6.07 Å². The molecule has 2 fully saturated rings. The summed E-state index contributed by atoms with van der Waals surface area (Å²) in [5.74, 6) is -3.82. The lowest BCUT2D eigenvalue weighted by molar-refractivity contribution is -0.139. The van der Waals surface area contributed by atoms with Crippen LogP contribution in [0.5, 0.6) is 0 Å². The largest absolute Gasteiger partial charge is 0.441 e. The Balaban J connectivity index is 1.64. The smallest absolute Gasteiger partial charge is 0.407 e. The first-order chi connectivity index (χ1) is 11.9. The molecule has 1 saturated carbocycles. The molecule has 1 N–H and O–H groups in total. The number of halogens is 2. The van der Waals surface area contributed by atoms with Gasteiger partial charge in [-0.15, -0.1) is 0 Å². The van der Waals surface area contributed by atoms with Crippen molar-refractivity contribution in [2.24, 2.45) is 5.92 Å².